The molecule has 2 rings (SSSR count). The third-order valence-electron chi connectivity index (χ3n) is 1.70. The van der Waals surface area contributed by atoms with Crippen molar-refractivity contribution in [3.8, 4) is 0 Å². The van der Waals surface area contributed by atoms with E-state index in [9.17, 15) is 0 Å². The van der Waals surface area contributed by atoms with Gasteiger partial charge in [0.1, 0.15) is 4.60 Å². The van der Waals surface area contributed by atoms with E-state index in [1.54, 1.807) is 18.6 Å². The summed E-state index contributed by atoms with van der Waals surface area (Å²) >= 11 is 3.31. The molecule has 0 aliphatic rings. The first kappa shape index (κ1) is 9.15. The topological polar surface area (TPSA) is 37.8 Å². The normalized spacial score (nSPS) is 9.79. The number of aromatic nitrogens is 2. The first-order valence-electron chi connectivity index (χ1n) is 4.13. The summed E-state index contributed by atoms with van der Waals surface area (Å²) in [6.45, 7) is 0. The minimum Gasteiger partial charge on any atom is -0.355 e. The van der Waals surface area contributed by atoms with Crippen LogP contribution in [0.1, 0.15) is 0 Å². The van der Waals surface area contributed by atoms with E-state index in [0.717, 1.165) is 16.0 Å². The number of halogens is 1. The van der Waals surface area contributed by atoms with Crippen molar-refractivity contribution in [3.63, 3.8) is 0 Å². The number of rotatable bonds is 2. The number of nitrogens with zero attached hydrogens (tertiary/aromatic N) is 2. The van der Waals surface area contributed by atoms with Crippen molar-refractivity contribution in [1.29, 1.82) is 0 Å². The zero-order chi connectivity index (χ0) is 9.80. The molecule has 0 amide bonds. The summed E-state index contributed by atoms with van der Waals surface area (Å²) in [6.07, 6.45) is 5.24. The summed E-state index contributed by atoms with van der Waals surface area (Å²) in [7, 11) is 0. The van der Waals surface area contributed by atoms with Crippen molar-refractivity contribution in [3.05, 3.63) is 47.5 Å². The molecule has 0 bridgehead atoms. The molecule has 0 saturated heterocycles. The minimum absolute atomic E-state index is 0.816. The molecule has 14 heavy (non-hydrogen) atoms. The molecule has 0 radical (unpaired) electrons. The highest BCUT2D eigenvalue weighted by atomic mass is 79.9. The Bertz CT molecular complexity index is 417. The largest absolute Gasteiger partial charge is 0.355 e. The van der Waals surface area contributed by atoms with Crippen LogP contribution in [0, 0.1) is 0 Å². The van der Waals surface area contributed by atoms with Crippen LogP contribution in [0.4, 0.5) is 11.4 Å². The van der Waals surface area contributed by atoms with Gasteiger partial charge in [0.05, 0.1) is 0 Å². The maximum absolute atomic E-state index is 4.05. The fraction of sp³-hybridized carbons (Fsp3) is 0. The van der Waals surface area contributed by atoms with Gasteiger partial charge in [-0.1, -0.05) is 0 Å². The third kappa shape index (κ3) is 2.29. The molecule has 2 aromatic heterocycles. The highest BCUT2D eigenvalue weighted by molar-refractivity contribution is 9.10. The van der Waals surface area contributed by atoms with Gasteiger partial charge in [-0.05, 0) is 40.2 Å². The first-order chi connectivity index (χ1) is 6.84. The second-order valence-electron chi connectivity index (χ2n) is 2.73. The van der Waals surface area contributed by atoms with Crippen molar-refractivity contribution in [2.24, 2.45) is 0 Å². The molecule has 0 fully saturated rings. The minimum atomic E-state index is 0.816. The van der Waals surface area contributed by atoms with Crippen molar-refractivity contribution in [2.75, 3.05) is 5.32 Å². The molecule has 0 saturated carbocycles. The average Bonchev–Trinajstić information content (AvgIpc) is 2.19. The van der Waals surface area contributed by atoms with Gasteiger partial charge in [-0.2, -0.15) is 0 Å². The van der Waals surface area contributed by atoms with Crippen LogP contribution in [0.25, 0.3) is 0 Å². The predicted molar refractivity (Wildman–Crippen MR) is 59.5 cm³/mol. The monoisotopic (exact) mass is 249 g/mol. The summed E-state index contributed by atoms with van der Waals surface area (Å²) < 4.78 is 0.816. The van der Waals surface area contributed by atoms with Crippen molar-refractivity contribution >= 4 is 27.3 Å². The standard InChI is InChI=1S/C10H8BrN3/c11-10-7-9(3-6-13-10)14-8-1-4-12-5-2-8/h1-7H,(H,12,13,14). The zero-order valence-corrected chi connectivity index (χ0v) is 8.90. The molecule has 0 unspecified atom stereocenters. The number of pyridine rings is 2. The summed E-state index contributed by atoms with van der Waals surface area (Å²) in [5.74, 6) is 0. The van der Waals surface area contributed by atoms with E-state index in [-0.39, 0.29) is 0 Å². The lowest BCUT2D eigenvalue weighted by atomic mass is 10.3. The number of anilines is 2. The Labute approximate surface area is 90.3 Å². The van der Waals surface area contributed by atoms with Gasteiger partial charge in [0.15, 0.2) is 0 Å². The van der Waals surface area contributed by atoms with Gasteiger partial charge >= 0.3 is 0 Å². The van der Waals surface area contributed by atoms with Crippen LogP contribution < -0.4 is 5.32 Å². The number of nitrogens with one attached hydrogen (secondary N) is 1. The molecular weight excluding hydrogens is 242 g/mol. The Balaban J connectivity index is 2.19. The maximum atomic E-state index is 4.05. The van der Waals surface area contributed by atoms with Crippen LogP contribution in [0.15, 0.2) is 47.5 Å². The fourth-order valence-corrected chi connectivity index (χ4v) is 1.45. The zero-order valence-electron chi connectivity index (χ0n) is 7.31. The molecule has 0 aliphatic carbocycles. The molecule has 2 heterocycles. The Kier molecular flexibility index (Phi) is 2.74. The Morgan fingerprint density at radius 3 is 2.43 bits per heavy atom. The van der Waals surface area contributed by atoms with Gasteiger partial charge in [0.2, 0.25) is 0 Å². The molecule has 1 N–H and O–H groups in total. The van der Waals surface area contributed by atoms with Crippen LogP contribution in [0.5, 0.6) is 0 Å². The number of hydrogen-bond donors (Lipinski definition) is 1. The van der Waals surface area contributed by atoms with Crippen LogP contribution in [0.3, 0.4) is 0 Å². The van der Waals surface area contributed by atoms with Gasteiger partial charge < -0.3 is 5.32 Å². The van der Waals surface area contributed by atoms with Gasteiger partial charge in [-0.3, -0.25) is 4.98 Å². The second kappa shape index (κ2) is 4.19. The van der Waals surface area contributed by atoms with Crippen molar-refractivity contribution < 1.29 is 0 Å². The van der Waals surface area contributed by atoms with Crippen LogP contribution in [-0.2, 0) is 0 Å². The molecule has 4 heteroatoms. The van der Waals surface area contributed by atoms with Crippen LogP contribution >= 0.6 is 15.9 Å². The summed E-state index contributed by atoms with van der Waals surface area (Å²) in [5.41, 5.74) is 2.01. The van der Waals surface area contributed by atoms with Crippen molar-refractivity contribution in [1.82, 2.24) is 9.97 Å². The molecule has 0 atom stereocenters. The van der Waals surface area contributed by atoms with Gasteiger partial charge in [-0.15, -0.1) is 0 Å². The molecular formula is C10H8BrN3. The van der Waals surface area contributed by atoms with Gasteiger partial charge in [-0.25, -0.2) is 4.98 Å². The number of hydrogen-bond acceptors (Lipinski definition) is 3. The lowest BCUT2D eigenvalue weighted by molar-refractivity contribution is 1.27. The summed E-state index contributed by atoms with van der Waals surface area (Å²) in [4.78, 5) is 7.99. The lowest BCUT2D eigenvalue weighted by Crippen LogP contribution is -1.90. The van der Waals surface area contributed by atoms with E-state index in [1.807, 2.05) is 24.3 Å². The quantitative estimate of drug-likeness (QED) is 0.832. The maximum Gasteiger partial charge on any atom is 0.108 e. The van der Waals surface area contributed by atoms with Crippen molar-refractivity contribution in [2.45, 2.75) is 0 Å². The highest BCUT2D eigenvalue weighted by Crippen LogP contribution is 2.17. The van der Waals surface area contributed by atoms with Gasteiger partial charge in [0, 0.05) is 30.0 Å². The molecule has 0 aromatic carbocycles. The van der Waals surface area contributed by atoms with E-state index in [2.05, 4.69) is 31.2 Å². The van der Waals surface area contributed by atoms with E-state index < -0.39 is 0 Å². The smallest absolute Gasteiger partial charge is 0.108 e. The van der Waals surface area contributed by atoms with E-state index in [1.165, 1.54) is 0 Å². The Morgan fingerprint density at radius 2 is 1.71 bits per heavy atom. The van der Waals surface area contributed by atoms with Crippen LogP contribution in [0.2, 0.25) is 0 Å². The molecule has 3 nitrogen and oxygen atoms in total. The van der Waals surface area contributed by atoms with Crippen LogP contribution in [-0.4, -0.2) is 9.97 Å². The molecule has 0 spiro atoms. The first-order valence-corrected chi connectivity index (χ1v) is 4.92. The third-order valence-corrected chi connectivity index (χ3v) is 2.13. The Hall–Kier alpha value is -1.42. The fourth-order valence-electron chi connectivity index (χ4n) is 1.08. The summed E-state index contributed by atoms with van der Waals surface area (Å²) in [5, 5.41) is 3.23. The molecule has 70 valence electrons. The Morgan fingerprint density at radius 1 is 1.00 bits per heavy atom. The predicted octanol–water partition coefficient (Wildman–Crippen LogP) is 2.98. The second-order valence-corrected chi connectivity index (χ2v) is 3.54. The lowest BCUT2D eigenvalue weighted by Gasteiger charge is -2.05. The van der Waals surface area contributed by atoms with E-state index in [0.29, 0.717) is 0 Å². The SMILES string of the molecule is Brc1cc(Nc2ccncc2)ccn1. The molecule has 2 aromatic rings. The highest BCUT2D eigenvalue weighted by Gasteiger charge is 1.94. The van der Waals surface area contributed by atoms with Gasteiger partial charge in [0.25, 0.3) is 0 Å². The summed E-state index contributed by atoms with van der Waals surface area (Å²) in [6, 6.07) is 7.65. The molecule has 0 aliphatic heterocycles. The average molecular weight is 250 g/mol. The van der Waals surface area contributed by atoms with E-state index >= 15 is 0 Å². The van der Waals surface area contributed by atoms with E-state index in [4.69, 9.17) is 0 Å².